The molecule has 0 aliphatic rings. The number of guanidine groups is 1. The molecule has 5 nitrogen and oxygen atoms in total. The van der Waals surface area contributed by atoms with Crippen molar-refractivity contribution in [2.45, 2.75) is 26.8 Å². The van der Waals surface area contributed by atoms with E-state index in [4.69, 9.17) is 4.74 Å². The van der Waals surface area contributed by atoms with Crippen molar-refractivity contribution < 1.29 is 9.53 Å². The Kier molecular flexibility index (Phi) is 7.29. The molecule has 0 aromatic heterocycles. The highest BCUT2D eigenvalue weighted by molar-refractivity contribution is 5.80. The molecule has 2 unspecified atom stereocenters. The smallest absolute Gasteiger partial charge is 0.310 e. The van der Waals surface area contributed by atoms with Gasteiger partial charge in [0.05, 0.1) is 25.6 Å². The summed E-state index contributed by atoms with van der Waals surface area (Å²) in [5, 5.41) is 6.52. The van der Waals surface area contributed by atoms with E-state index in [9.17, 15) is 4.79 Å². The lowest BCUT2D eigenvalue weighted by Crippen LogP contribution is -2.39. The maximum atomic E-state index is 11.4. The van der Waals surface area contributed by atoms with Crippen LogP contribution in [0.5, 0.6) is 0 Å². The van der Waals surface area contributed by atoms with E-state index in [2.05, 4.69) is 34.7 Å². The van der Waals surface area contributed by atoms with Crippen LogP contribution in [0.3, 0.4) is 0 Å². The maximum Gasteiger partial charge on any atom is 0.310 e. The fraction of sp³-hybridized carbons (Fsp3) is 0.500. The molecule has 2 N–H and O–H groups in total. The van der Waals surface area contributed by atoms with Crippen LogP contribution in [0, 0.1) is 5.92 Å². The number of ether oxygens (including phenoxy) is 1. The molecule has 0 fully saturated rings. The van der Waals surface area contributed by atoms with Crippen molar-refractivity contribution >= 4 is 11.9 Å². The van der Waals surface area contributed by atoms with Gasteiger partial charge in [0, 0.05) is 6.54 Å². The average molecular weight is 291 g/mol. The van der Waals surface area contributed by atoms with E-state index in [1.54, 1.807) is 6.92 Å². The third kappa shape index (κ3) is 5.85. The van der Waals surface area contributed by atoms with Crippen molar-refractivity contribution in [3.05, 3.63) is 35.9 Å². The normalized spacial score (nSPS) is 14.2. The van der Waals surface area contributed by atoms with E-state index >= 15 is 0 Å². The van der Waals surface area contributed by atoms with Gasteiger partial charge in [-0.05, 0) is 19.4 Å². The summed E-state index contributed by atoms with van der Waals surface area (Å²) in [5.74, 6) is 0.202. The number of rotatable bonds is 6. The Hall–Kier alpha value is -2.04. The lowest BCUT2D eigenvalue weighted by atomic mass is 10.1. The van der Waals surface area contributed by atoms with Gasteiger partial charge in [-0.25, -0.2) is 0 Å². The Morgan fingerprint density at radius 1 is 1.29 bits per heavy atom. The molecule has 1 rings (SSSR count). The number of nitrogens with one attached hydrogen (secondary N) is 2. The first-order valence-electron chi connectivity index (χ1n) is 7.26. The number of carbonyl (C=O) groups excluding carboxylic acids is 1. The second-order valence-corrected chi connectivity index (χ2v) is 4.92. The Bertz CT molecular complexity index is 460. The zero-order valence-electron chi connectivity index (χ0n) is 13.2. The minimum absolute atomic E-state index is 0.137. The van der Waals surface area contributed by atoms with Gasteiger partial charge >= 0.3 is 5.97 Å². The standard InChI is InChI=1S/C16H25N3O2/c1-5-17-16(18-11-12(2)15(20)21-4)19-13(3)14-9-7-6-8-10-14/h6-10,12-13H,5,11H2,1-4H3,(H2,17,18,19). The lowest BCUT2D eigenvalue weighted by molar-refractivity contribution is -0.144. The van der Waals surface area contributed by atoms with Crippen LogP contribution in [0.25, 0.3) is 0 Å². The summed E-state index contributed by atoms with van der Waals surface area (Å²) in [6, 6.07) is 10.3. The van der Waals surface area contributed by atoms with Crippen molar-refractivity contribution in [2.75, 3.05) is 20.2 Å². The van der Waals surface area contributed by atoms with Gasteiger partial charge in [0.2, 0.25) is 0 Å². The molecule has 0 saturated carbocycles. The Balaban J connectivity index is 2.66. The highest BCUT2D eigenvalue weighted by Gasteiger charge is 2.13. The van der Waals surface area contributed by atoms with Gasteiger partial charge in [-0.15, -0.1) is 0 Å². The van der Waals surface area contributed by atoms with E-state index in [1.165, 1.54) is 12.7 Å². The molecule has 2 atom stereocenters. The first-order valence-corrected chi connectivity index (χ1v) is 7.26. The molecule has 0 spiro atoms. The predicted octanol–water partition coefficient (Wildman–Crippen LogP) is 2.11. The number of methoxy groups -OCH3 is 1. The Morgan fingerprint density at radius 3 is 2.52 bits per heavy atom. The van der Waals surface area contributed by atoms with E-state index in [-0.39, 0.29) is 17.9 Å². The number of nitrogens with zero attached hydrogens (tertiary/aromatic N) is 1. The van der Waals surface area contributed by atoms with Gasteiger partial charge in [0.1, 0.15) is 0 Å². The lowest BCUT2D eigenvalue weighted by Gasteiger charge is -2.18. The molecule has 0 radical (unpaired) electrons. The monoisotopic (exact) mass is 291 g/mol. The van der Waals surface area contributed by atoms with Crippen molar-refractivity contribution in [3.63, 3.8) is 0 Å². The van der Waals surface area contributed by atoms with Crippen molar-refractivity contribution in [2.24, 2.45) is 10.9 Å². The fourth-order valence-electron chi connectivity index (χ4n) is 1.85. The summed E-state index contributed by atoms with van der Waals surface area (Å²) in [4.78, 5) is 15.8. The second kappa shape index (κ2) is 9.00. The third-order valence-corrected chi connectivity index (χ3v) is 3.12. The number of aliphatic imine (C=N–C) groups is 1. The minimum atomic E-state index is -0.252. The van der Waals surface area contributed by atoms with Crippen LogP contribution in [-0.4, -0.2) is 32.1 Å². The number of hydrogen-bond acceptors (Lipinski definition) is 3. The first kappa shape index (κ1) is 17.0. The molecule has 0 aliphatic heterocycles. The molecule has 0 bridgehead atoms. The van der Waals surface area contributed by atoms with Crippen molar-refractivity contribution in [3.8, 4) is 0 Å². The summed E-state index contributed by atoms with van der Waals surface area (Å²) in [5.41, 5.74) is 1.18. The topological polar surface area (TPSA) is 62.7 Å². The molecule has 5 heteroatoms. The Labute approximate surface area is 126 Å². The van der Waals surface area contributed by atoms with Crippen molar-refractivity contribution in [1.82, 2.24) is 10.6 Å². The predicted molar refractivity (Wildman–Crippen MR) is 85.2 cm³/mol. The fourth-order valence-corrected chi connectivity index (χ4v) is 1.85. The summed E-state index contributed by atoms with van der Waals surface area (Å²) in [6.07, 6.45) is 0. The van der Waals surface area contributed by atoms with Gasteiger partial charge in [0.25, 0.3) is 0 Å². The molecule has 0 heterocycles. The van der Waals surface area contributed by atoms with E-state index in [0.717, 1.165) is 6.54 Å². The highest BCUT2D eigenvalue weighted by Crippen LogP contribution is 2.10. The van der Waals surface area contributed by atoms with Crippen LogP contribution >= 0.6 is 0 Å². The highest BCUT2D eigenvalue weighted by atomic mass is 16.5. The van der Waals surface area contributed by atoms with Gasteiger partial charge < -0.3 is 15.4 Å². The van der Waals surface area contributed by atoms with Crippen molar-refractivity contribution in [1.29, 1.82) is 0 Å². The molecule has 0 saturated heterocycles. The SMILES string of the molecule is CCNC(=NCC(C)C(=O)OC)NC(C)c1ccccc1. The number of benzene rings is 1. The van der Waals surface area contributed by atoms with Gasteiger partial charge in [-0.3, -0.25) is 9.79 Å². The number of esters is 1. The van der Waals surface area contributed by atoms with Crippen LogP contribution in [0.15, 0.2) is 35.3 Å². The van der Waals surface area contributed by atoms with E-state index in [0.29, 0.717) is 12.5 Å². The summed E-state index contributed by atoms with van der Waals surface area (Å²) in [7, 11) is 1.39. The molecule has 1 aromatic rings. The van der Waals surface area contributed by atoms with Crippen LogP contribution in [0.2, 0.25) is 0 Å². The first-order chi connectivity index (χ1) is 10.1. The number of hydrogen-bond donors (Lipinski definition) is 2. The summed E-state index contributed by atoms with van der Waals surface area (Å²) < 4.78 is 4.71. The largest absolute Gasteiger partial charge is 0.469 e. The molecule has 0 amide bonds. The molecule has 1 aromatic carbocycles. The average Bonchev–Trinajstić information content (AvgIpc) is 2.52. The second-order valence-electron chi connectivity index (χ2n) is 4.92. The van der Waals surface area contributed by atoms with E-state index in [1.807, 2.05) is 25.1 Å². The Morgan fingerprint density at radius 2 is 1.95 bits per heavy atom. The van der Waals surface area contributed by atoms with Gasteiger partial charge in [-0.1, -0.05) is 37.3 Å². The third-order valence-electron chi connectivity index (χ3n) is 3.12. The van der Waals surface area contributed by atoms with Crippen LogP contribution < -0.4 is 10.6 Å². The maximum absolute atomic E-state index is 11.4. The zero-order chi connectivity index (χ0) is 15.7. The molecule has 21 heavy (non-hydrogen) atoms. The van der Waals surface area contributed by atoms with Gasteiger partial charge in [-0.2, -0.15) is 0 Å². The summed E-state index contributed by atoms with van der Waals surface area (Å²) >= 11 is 0. The van der Waals surface area contributed by atoms with Crippen LogP contribution in [0.4, 0.5) is 0 Å². The molecular weight excluding hydrogens is 266 g/mol. The molecular formula is C16H25N3O2. The van der Waals surface area contributed by atoms with E-state index < -0.39 is 0 Å². The van der Waals surface area contributed by atoms with Crippen LogP contribution in [0.1, 0.15) is 32.4 Å². The summed E-state index contributed by atoms with van der Waals surface area (Å²) in [6.45, 7) is 7.04. The zero-order valence-corrected chi connectivity index (χ0v) is 13.2. The van der Waals surface area contributed by atoms with Crippen LogP contribution in [-0.2, 0) is 9.53 Å². The molecule has 0 aliphatic carbocycles. The minimum Gasteiger partial charge on any atom is -0.469 e. The molecule has 116 valence electrons. The van der Waals surface area contributed by atoms with Gasteiger partial charge in [0.15, 0.2) is 5.96 Å². The number of carbonyl (C=O) groups is 1. The quantitative estimate of drug-likeness (QED) is 0.479.